The minimum Gasteiger partial charge on any atom is -0.351 e. The highest BCUT2D eigenvalue weighted by Crippen LogP contribution is 2.17. The zero-order chi connectivity index (χ0) is 18.7. The highest BCUT2D eigenvalue weighted by atomic mass is 32.1. The number of amides is 1. The van der Waals surface area contributed by atoms with Crippen LogP contribution in [0.3, 0.4) is 0 Å². The average molecular weight is 372 g/mol. The van der Waals surface area contributed by atoms with Crippen LogP contribution in [0.15, 0.2) is 30.5 Å². The fourth-order valence-corrected chi connectivity index (χ4v) is 3.65. The largest absolute Gasteiger partial charge is 0.351 e. The van der Waals surface area contributed by atoms with E-state index in [1.54, 1.807) is 12.1 Å². The monoisotopic (exact) mass is 372 g/mol. The van der Waals surface area contributed by atoms with Crippen LogP contribution in [0.5, 0.6) is 0 Å². The van der Waals surface area contributed by atoms with Crippen molar-refractivity contribution < 1.29 is 9.18 Å². The van der Waals surface area contributed by atoms with E-state index in [0.717, 1.165) is 27.8 Å². The molecular formula is C19H21FN4OS. The Morgan fingerprint density at radius 1 is 1.23 bits per heavy atom. The first-order valence-electron chi connectivity index (χ1n) is 8.41. The van der Waals surface area contributed by atoms with E-state index >= 15 is 0 Å². The Hall–Kier alpha value is -2.54. The lowest BCUT2D eigenvalue weighted by Crippen LogP contribution is -2.26. The molecule has 0 saturated heterocycles. The molecule has 26 heavy (non-hydrogen) atoms. The van der Waals surface area contributed by atoms with E-state index in [4.69, 9.17) is 0 Å². The fraction of sp³-hybridized carbons (Fsp3) is 0.316. The third-order valence-corrected chi connectivity index (χ3v) is 5.21. The maximum atomic E-state index is 13.1. The summed E-state index contributed by atoms with van der Waals surface area (Å²) < 4.78 is 15.2. The van der Waals surface area contributed by atoms with E-state index in [1.807, 2.05) is 27.0 Å². The van der Waals surface area contributed by atoms with Gasteiger partial charge in [-0.05, 0) is 38.5 Å². The number of imidazole rings is 1. The number of nitrogens with zero attached hydrogens (tertiary/aromatic N) is 3. The number of carbonyl (C=O) groups is 1. The van der Waals surface area contributed by atoms with Gasteiger partial charge in [-0.15, -0.1) is 11.3 Å². The molecule has 0 unspecified atom stereocenters. The van der Waals surface area contributed by atoms with E-state index in [-0.39, 0.29) is 11.7 Å². The topological polar surface area (TPSA) is 59.8 Å². The second-order valence-corrected chi connectivity index (χ2v) is 7.38. The van der Waals surface area contributed by atoms with Crippen molar-refractivity contribution in [1.29, 1.82) is 0 Å². The molecule has 1 N–H and O–H groups in total. The van der Waals surface area contributed by atoms with Gasteiger partial charge in [0.15, 0.2) is 0 Å². The maximum absolute atomic E-state index is 13.1. The van der Waals surface area contributed by atoms with Crippen molar-refractivity contribution in [3.63, 3.8) is 0 Å². The summed E-state index contributed by atoms with van der Waals surface area (Å²) in [5, 5.41) is 3.83. The number of carbonyl (C=O) groups excluding carboxylic acids is 1. The van der Waals surface area contributed by atoms with Crippen LogP contribution >= 0.6 is 11.3 Å². The summed E-state index contributed by atoms with van der Waals surface area (Å²) in [5.41, 5.74) is 2.80. The number of aromatic nitrogens is 3. The van der Waals surface area contributed by atoms with Crippen LogP contribution in [0.4, 0.5) is 4.39 Å². The standard InChI is InChI=1S/C19H21FN4OS/c1-12-10-22-17(24(12)11-15-4-6-16(20)7-5-15)8-9-21-19(25)18-13(2)23-14(3)26-18/h4-7,10H,8-9,11H2,1-3H3,(H,21,25). The minimum absolute atomic E-state index is 0.0959. The summed E-state index contributed by atoms with van der Waals surface area (Å²) in [6.45, 7) is 6.85. The summed E-state index contributed by atoms with van der Waals surface area (Å²) >= 11 is 1.40. The van der Waals surface area contributed by atoms with Gasteiger partial charge >= 0.3 is 0 Å². The second-order valence-electron chi connectivity index (χ2n) is 6.18. The van der Waals surface area contributed by atoms with E-state index in [2.05, 4.69) is 19.9 Å². The third kappa shape index (κ3) is 4.16. The summed E-state index contributed by atoms with van der Waals surface area (Å²) in [6, 6.07) is 6.46. The number of hydrogen-bond donors (Lipinski definition) is 1. The molecule has 0 spiro atoms. The Bertz CT molecular complexity index is 914. The van der Waals surface area contributed by atoms with Crippen molar-refractivity contribution in [3.05, 3.63) is 68.9 Å². The van der Waals surface area contributed by atoms with Crippen molar-refractivity contribution in [2.45, 2.75) is 33.7 Å². The summed E-state index contributed by atoms with van der Waals surface area (Å²) in [6.07, 6.45) is 2.44. The molecular weight excluding hydrogens is 351 g/mol. The first-order chi connectivity index (χ1) is 12.4. The minimum atomic E-state index is -0.243. The van der Waals surface area contributed by atoms with E-state index in [1.165, 1.54) is 23.5 Å². The third-order valence-electron chi connectivity index (χ3n) is 4.14. The average Bonchev–Trinajstić information content (AvgIpc) is 3.12. The van der Waals surface area contributed by atoms with Gasteiger partial charge < -0.3 is 9.88 Å². The molecule has 0 aliphatic rings. The van der Waals surface area contributed by atoms with Gasteiger partial charge in [0.05, 0.1) is 10.7 Å². The van der Waals surface area contributed by atoms with Gasteiger partial charge in [0.1, 0.15) is 16.5 Å². The molecule has 1 aromatic carbocycles. The second kappa shape index (κ2) is 7.78. The van der Waals surface area contributed by atoms with Crippen molar-refractivity contribution in [2.75, 3.05) is 6.54 Å². The molecule has 7 heteroatoms. The Morgan fingerprint density at radius 3 is 2.62 bits per heavy atom. The predicted molar refractivity (Wildman–Crippen MR) is 100 cm³/mol. The number of aryl methyl sites for hydroxylation is 3. The SMILES string of the molecule is Cc1nc(C)c(C(=O)NCCc2ncc(C)n2Cc2ccc(F)cc2)s1. The van der Waals surface area contributed by atoms with Crippen molar-refractivity contribution in [3.8, 4) is 0 Å². The van der Waals surface area contributed by atoms with Gasteiger partial charge in [0.25, 0.3) is 5.91 Å². The normalized spacial score (nSPS) is 10.9. The van der Waals surface area contributed by atoms with E-state index < -0.39 is 0 Å². The Labute approximate surface area is 155 Å². The molecule has 0 aliphatic heterocycles. The molecule has 3 rings (SSSR count). The quantitative estimate of drug-likeness (QED) is 0.721. The molecule has 1 amide bonds. The van der Waals surface area contributed by atoms with Gasteiger partial charge in [0, 0.05) is 31.4 Å². The van der Waals surface area contributed by atoms with Gasteiger partial charge in [0.2, 0.25) is 0 Å². The fourth-order valence-electron chi connectivity index (χ4n) is 2.81. The zero-order valence-corrected chi connectivity index (χ0v) is 15.9. The highest BCUT2D eigenvalue weighted by molar-refractivity contribution is 7.13. The molecule has 5 nitrogen and oxygen atoms in total. The number of halogens is 1. The van der Waals surface area contributed by atoms with Crippen LogP contribution in [0.25, 0.3) is 0 Å². The molecule has 2 aromatic heterocycles. The molecule has 0 atom stereocenters. The van der Waals surface area contributed by atoms with Gasteiger partial charge in [-0.25, -0.2) is 14.4 Å². The lowest BCUT2D eigenvalue weighted by Gasteiger charge is -2.11. The van der Waals surface area contributed by atoms with Gasteiger partial charge in [-0.3, -0.25) is 4.79 Å². The lowest BCUT2D eigenvalue weighted by atomic mass is 10.2. The Morgan fingerprint density at radius 2 is 1.96 bits per heavy atom. The molecule has 2 heterocycles. The molecule has 136 valence electrons. The smallest absolute Gasteiger partial charge is 0.263 e. The van der Waals surface area contributed by atoms with Crippen molar-refractivity contribution >= 4 is 17.2 Å². The van der Waals surface area contributed by atoms with E-state index in [0.29, 0.717) is 24.4 Å². The number of benzene rings is 1. The highest BCUT2D eigenvalue weighted by Gasteiger charge is 2.14. The van der Waals surface area contributed by atoms with Crippen molar-refractivity contribution in [1.82, 2.24) is 19.9 Å². The predicted octanol–water partition coefficient (Wildman–Crippen LogP) is 3.42. The molecule has 0 bridgehead atoms. The van der Waals surface area contributed by atoms with Gasteiger partial charge in [-0.1, -0.05) is 12.1 Å². The molecule has 0 saturated carbocycles. The molecule has 3 aromatic rings. The first-order valence-corrected chi connectivity index (χ1v) is 9.23. The zero-order valence-electron chi connectivity index (χ0n) is 15.0. The number of hydrogen-bond acceptors (Lipinski definition) is 4. The summed E-state index contributed by atoms with van der Waals surface area (Å²) in [4.78, 5) is 21.7. The number of rotatable bonds is 6. The van der Waals surface area contributed by atoms with Crippen LogP contribution in [-0.4, -0.2) is 27.0 Å². The van der Waals surface area contributed by atoms with Crippen LogP contribution in [-0.2, 0) is 13.0 Å². The summed E-state index contributed by atoms with van der Waals surface area (Å²) in [7, 11) is 0. The van der Waals surface area contributed by atoms with E-state index in [9.17, 15) is 9.18 Å². The van der Waals surface area contributed by atoms with Gasteiger partial charge in [-0.2, -0.15) is 0 Å². The number of thiazole rings is 1. The lowest BCUT2D eigenvalue weighted by molar-refractivity contribution is 0.0957. The molecule has 0 aliphatic carbocycles. The van der Waals surface area contributed by atoms with Crippen LogP contribution in [0, 0.1) is 26.6 Å². The maximum Gasteiger partial charge on any atom is 0.263 e. The van der Waals surface area contributed by atoms with Crippen LogP contribution in [0.2, 0.25) is 0 Å². The van der Waals surface area contributed by atoms with Crippen molar-refractivity contribution in [2.24, 2.45) is 0 Å². The van der Waals surface area contributed by atoms with Crippen LogP contribution < -0.4 is 5.32 Å². The Balaban J connectivity index is 1.63. The molecule has 0 fully saturated rings. The number of nitrogens with one attached hydrogen (secondary N) is 1. The summed E-state index contributed by atoms with van der Waals surface area (Å²) in [5.74, 6) is 0.554. The van der Waals surface area contributed by atoms with Crippen LogP contribution in [0.1, 0.15) is 37.5 Å². The molecule has 0 radical (unpaired) electrons. The Kier molecular flexibility index (Phi) is 5.46. The first kappa shape index (κ1) is 18.3.